The van der Waals surface area contributed by atoms with Crippen LogP contribution in [0.5, 0.6) is 0 Å². The molecule has 0 spiro atoms. The van der Waals surface area contributed by atoms with Crippen LogP contribution in [0.1, 0.15) is 297 Å². The number of allylic oxidation sites excluding steroid dienone is 2. The first-order valence-corrected chi connectivity index (χ1v) is 30.2. The molecule has 384 valence electrons. The van der Waals surface area contributed by atoms with Gasteiger partial charge in [-0.25, -0.2) is 16.8 Å². The van der Waals surface area contributed by atoms with Gasteiger partial charge in [-0.05, 0) is 38.5 Å². The molecule has 0 saturated heterocycles. The normalized spacial score (nSPS) is 13.0. The van der Waals surface area contributed by atoms with Crippen molar-refractivity contribution in [3.05, 3.63) is 24.3 Å². The van der Waals surface area contributed by atoms with Crippen molar-refractivity contribution in [2.24, 2.45) is 11.8 Å². The Bertz CT molecular complexity index is 1100. The summed E-state index contributed by atoms with van der Waals surface area (Å²) in [5.74, 6) is 0.0396. The first-order valence-electron chi connectivity index (χ1n) is 27.5. The van der Waals surface area contributed by atoms with E-state index >= 15 is 0 Å². The van der Waals surface area contributed by atoms with E-state index in [1.165, 1.54) is 231 Å². The van der Waals surface area contributed by atoms with Gasteiger partial charge in [-0.15, -0.1) is 0 Å². The zero-order valence-corrected chi connectivity index (χ0v) is 47.2. The SMILES string of the molecule is CCCCCCCCC/C=C/C(CCCCCCCCCCCCCC)COS(=O)(=O)[O-].CCCCCCCCC/C=C/C(CCCCCCCCCCCCCC)COS(=O)(=O)[O-].[Ca+2]. The molecule has 0 aromatic rings. The Morgan fingerprint density at radius 3 is 0.754 bits per heavy atom. The summed E-state index contributed by atoms with van der Waals surface area (Å²) in [4.78, 5) is 0. The average Bonchev–Trinajstić information content (AvgIpc) is 3.26. The fraction of sp³-hybridized carbons (Fsp3) is 0.926. The molecule has 2 atom stereocenters. The zero-order valence-electron chi connectivity index (χ0n) is 43.4. The molecule has 0 aromatic heterocycles. The van der Waals surface area contributed by atoms with Crippen molar-refractivity contribution in [1.29, 1.82) is 0 Å². The van der Waals surface area contributed by atoms with Crippen LogP contribution >= 0.6 is 0 Å². The van der Waals surface area contributed by atoms with Gasteiger partial charge >= 0.3 is 37.7 Å². The van der Waals surface area contributed by atoms with Crippen molar-refractivity contribution in [2.45, 2.75) is 297 Å². The van der Waals surface area contributed by atoms with Crippen LogP contribution in [0.3, 0.4) is 0 Å². The van der Waals surface area contributed by atoms with Crippen molar-refractivity contribution < 1.29 is 34.3 Å². The maximum atomic E-state index is 10.8. The maximum absolute atomic E-state index is 10.8. The Morgan fingerprint density at radius 2 is 0.538 bits per heavy atom. The molecule has 0 aromatic carbocycles. The van der Waals surface area contributed by atoms with E-state index in [0.29, 0.717) is 0 Å². The van der Waals surface area contributed by atoms with E-state index in [4.69, 9.17) is 0 Å². The van der Waals surface area contributed by atoms with Crippen molar-refractivity contribution >= 4 is 58.5 Å². The Labute approximate surface area is 436 Å². The summed E-state index contributed by atoms with van der Waals surface area (Å²) < 4.78 is 74.1. The molecular weight excluding hydrogens is 881 g/mol. The molecule has 0 aliphatic heterocycles. The van der Waals surface area contributed by atoms with Crippen LogP contribution in [0.4, 0.5) is 0 Å². The molecule has 0 fully saturated rings. The molecular formula is C54H106CaO8S2. The monoisotopic (exact) mass is 987 g/mol. The second-order valence-electron chi connectivity index (χ2n) is 18.9. The third kappa shape index (κ3) is 64.5. The van der Waals surface area contributed by atoms with E-state index in [2.05, 4.69) is 60.4 Å². The Hall–Kier alpha value is 0.480. The largest absolute Gasteiger partial charge is 2.00 e. The minimum atomic E-state index is -4.61. The van der Waals surface area contributed by atoms with Gasteiger partial charge in [-0.1, -0.05) is 283 Å². The van der Waals surface area contributed by atoms with E-state index in [0.717, 1.165) is 38.5 Å². The first kappa shape index (κ1) is 69.7. The van der Waals surface area contributed by atoms with E-state index < -0.39 is 20.8 Å². The minimum absolute atomic E-state index is 0. The molecule has 0 amide bonds. The average molecular weight is 988 g/mol. The summed E-state index contributed by atoms with van der Waals surface area (Å²) in [6, 6.07) is 0. The molecule has 0 aliphatic carbocycles. The van der Waals surface area contributed by atoms with Gasteiger partial charge in [0.1, 0.15) is 0 Å². The van der Waals surface area contributed by atoms with E-state index in [1.807, 2.05) is 0 Å². The van der Waals surface area contributed by atoms with Gasteiger partial charge in [0.25, 0.3) is 0 Å². The molecule has 65 heavy (non-hydrogen) atoms. The van der Waals surface area contributed by atoms with Crippen molar-refractivity contribution in [3.63, 3.8) is 0 Å². The van der Waals surface area contributed by atoms with Gasteiger partial charge in [-0.3, -0.25) is 8.37 Å². The number of hydrogen-bond donors (Lipinski definition) is 0. The van der Waals surface area contributed by atoms with Crippen molar-refractivity contribution in [1.82, 2.24) is 0 Å². The molecule has 0 aliphatic rings. The summed E-state index contributed by atoms with van der Waals surface area (Å²) >= 11 is 0. The quantitative estimate of drug-likeness (QED) is 0.0193. The molecule has 0 bridgehead atoms. The molecule has 0 rings (SSSR count). The standard InChI is InChI=1S/2C27H54O4S.Ca/c2*1-3-5-7-9-11-13-14-15-17-19-21-23-25-27(26-31-32(28,29)30)24-22-20-18-16-12-10-8-6-4-2;/h2*22,24,27H,3-21,23,25-26H2,1-2H3,(H,28,29,30);/q;;+2/p-2/b2*24-22+;. The third-order valence-electron chi connectivity index (χ3n) is 12.5. The van der Waals surface area contributed by atoms with Crippen LogP contribution < -0.4 is 0 Å². The van der Waals surface area contributed by atoms with Crippen LogP contribution in [0.2, 0.25) is 0 Å². The van der Waals surface area contributed by atoms with E-state index in [1.54, 1.807) is 0 Å². The predicted molar refractivity (Wildman–Crippen MR) is 279 cm³/mol. The topological polar surface area (TPSA) is 133 Å². The third-order valence-corrected chi connectivity index (χ3v) is 13.3. The van der Waals surface area contributed by atoms with Crippen LogP contribution in [-0.2, 0) is 29.2 Å². The van der Waals surface area contributed by atoms with Crippen molar-refractivity contribution in [2.75, 3.05) is 13.2 Å². The van der Waals surface area contributed by atoms with Gasteiger partial charge in [0.2, 0.25) is 20.8 Å². The van der Waals surface area contributed by atoms with E-state index in [9.17, 15) is 25.9 Å². The molecule has 0 N–H and O–H groups in total. The van der Waals surface area contributed by atoms with Gasteiger partial charge in [-0.2, -0.15) is 0 Å². The van der Waals surface area contributed by atoms with Gasteiger partial charge < -0.3 is 9.11 Å². The summed E-state index contributed by atoms with van der Waals surface area (Å²) in [5.41, 5.74) is 0. The summed E-state index contributed by atoms with van der Waals surface area (Å²) in [5, 5.41) is 0. The van der Waals surface area contributed by atoms with Crippen LogP contribution in [0.25, 0.3) is 0 Å². The maximum Gasteiger partial charge on any atom is 2.00 e. The fourth-order valence-electron chi connectivity index (χ4n) is 8.32. The summed E-state index contributed by atoms with van der Waals surface area (Å²) in [6.07, 6.45) is 61.6. The van der Waals surface area contributed by atoms with Gasteiger partial charge in [0.05, 0.1) is 13.2 Å². The number of rotatable bonds is 50. The first-order chi connectivity index (χ1) is 31.0. The molecule has 0 radical (unpaired) electrons. The Kier molecular flexibility index (Phi) is 59.4. The Morgan fingerprint density at radius 1 is 0.338 bits per heavy atom. The summed E-state index contributed by atoms with van der Waals surface area (Å²) in [6.45, 7) is 8.96. The summed E-state index contributed by atoms with van der Waals surface area (Å²) in [7, 11) is -9.22. The van der Waals surface area contributed by atoms with Crippen molar-refractivity contribution in [3.8, 4) is 0 Å². The van der Waals surface area contributed by atoms with Crippen LogP contribution in [0, 0.1) is 11.8 Å². The molecule has 11 heteroatoms. The van der Waals surface area contributed by atoms with E-state index in [-0.39, 0.29) is 62.8 Å². The number of hydrogen-bond acceptors (Lipinski definition) is 8. The predicted octanol–water partition coefficient (Wildman–Crippen LogP) is 17.4. The molecule has 0 heterocycles. The van der Waals surface area contributed by atoms with Crippen LogP contribution in [-0.4, -0.2) is 76.9 Å². The number of unbranched alkanes of at least 4 members (excludes halogenated alkanes) is 36. The Balaban J connectivity index is -0.00000116. The second-order valence-corrected chi connectivity index (χ2v) is 21.0. The second kappa shape index (κ2) is 55.4. The van der Waals surface area contributed by atoms with Gasteiger partial charge in [0, 0.05) is 11.8 Å². The van der Waals surface area contributed by atoms with Crippen LogP contribution in [0.15, 0.2) is 24.3 Å². The molecule has 2 unspecified atom stereocenters. The molecule has 8 nitrogen and oxygen atoms in total. The van der Waals surface area contributed by atoms with Gasteiger partial charge in [0.15, 0.2) is 0 Å². The smallest absolute Gasteiger partial charge is 0.726 e. The minimum Gasteiger partial charge on any atom is -0.726 e. The molecule has 0 saturated carbocycles. The zero-order chi connectivity index (χ0) is 47.5. The fourth-order valence-corrected chi connectivity index (χ4v) is 9.01.